The molecule has 9 heteroatoms. The molecule has 8 nitrogen and oxygen atoms in total. The molecule has 0 saturated heterocycles. The number of nitrogens with one attached hydrogen (secondary N) is 1. The van der Waals surface area contributed by atoms with Crippen LogP contribution in [-0.4, -0.2) is 51.4 Å². The fraction of sp³-hybridized carbons (Fsp3) is 0.286. The number of rotatable bonds is 12. The monoisotopic (exact) mass is 523 g/mol. The summed E-state index contributed by atoms with van der Waals surface area (Å²) >= 11 is 0. The summed E-state index contributed by atoms with van der Waals surface area (Å²) in [6, 6.07) is 22.8. The Morgan fingerprint density at radius 1 is 0.946 bits per heavy atom. The van der Waals surface area contributed by atoms with Crippen molar-refractivity contribution in [2.24, 2.45) is 0 Å². The van der Waals surface area contributed by atoms with Gasteiger partial charge in [0.25, 0.3) is 10.0 Å². The van der Waals surface area contributed by atoms with Gasteiger partial charge in [-0.1, -0.05) is 55.5 Å². The van der Waals surface area contributed by atoms with Gasteiger partial charge in [-0.2, -0.15) is 0 Å². The van der Waals surface area contributed by atoms with Crippen LogP contribution < -0.4 is 14.4 Å². The summed E-state index contributed by atoms with van der Waals surface area (Å²) in [5.41, 5.74) is 1.10. The van der Waals surface area contributed by atoms with Crippen LogP contribution in [0.2, 0.25) is 0 Å². The molecule has 0 aromatic heterocycles. The van der Waals surface area contributed by atoms with Crippen LogP contribution in [0, 0.1) is 0 Å². The SMILES string of the molecule is CCCNC(=O)[C@@H](C)N(Cc1cccc(OC)c1)C(=O)CN(c1ccccc1)S(=O)(=O)c1ccccc1. The molecule has 3 rings (SSSR count). The molecule has 0 bridgehead atoms. The van der Waals surface area contributed by atoms with Crippen LogP contribution in [-0.2, 0) is 26.2 Å². The van der Waals surface area contributed by atoms with E-state index in [1.165, 1.54) is 17.0 Å². The molecule has 0 fully saturated rings. The lowest BCUT2D eigenvalue weighted by Gasteiger charge is -2.32. The van der Waals surface area contributed by atoms with E-state index in [2.05, 4.69) is 5.32 Å². The molecule has 37 heavy (non-hydrogen) atoms. The number of anilines is 1. The maximum absolute atomic E-state index is 13.8. The molecule has 0 aliphatic heterocycles. The van der Waals surface area contributed by atoms with Gasteiger partial charge in [-0.3, -0.25) is 13.9 Å². The van der Waals surface area contributed by atoms with E-state index in [1.807, 2.05) is 13.0 Å². The minimum Gasteiger partial charge on any atom is -0.497 e. The second-order valence-electron chi connectivity index (χ2n) is 8.50. The first-order chi connectivity index (χ1) is 17.8. The van der Waals surface area contributed by atoms with Crippen molar-refractivity contribution in [3.63, 3.8) is 0 Å². The first-order valence-electron chi connectivity index (χ1n) is 12.1. The summed E-state index contributed by atoms with van der Waals surface area (Å²) in [6.45, 7) is 3.68. The maximum atomic E-state index is 13.8. The minimum absolute atomic E-state index is 0.0692. The minimum atomic E-state index is -4.06. The lowest BCUT2D eigenvalue weighted by atomic mass is 10.1. The number of carbonyl (C=O) groups excluding carboxylic acids is 2. The van der Waals surface area contributed by atoms with Crippen molar-refractivity contribution < 1.29 is 22.7 Å². The van der Waals surface area contributed by atoms with E-state index in [0.29, 0.717) is 18.0 Å². The van der Waals surface area contributed by atoms with Gasteiger partial charge in [0.1, 0.15) is 18.3 Å². The first kappa shape index (κ1) is 27.7. The fourth-order valence-corrected chi connectivity index (χ4v) is 5.22. The predicted octanol–water partition coefficient (Wildman–Crippen LogP) is 3.83. The summed E-state index contributed by atoms with van der Waals surface area (Å²) in [7, 11) is -2.51. The van der Waals surface area contributed by atoms with Crippen LogP contribution in [0.4, 0.5) is 5.69 Å². The third-order valence-corrected chi connectivity index (χ3v) is 7.65. The van der Waals surface area contributed by atoms with Gasteiger partial charge in [-0.05, 0) is 55.3 Å². The van der Waals surface area contributed by atoms with Crippen molar-refractivity contribution in [3.05, 3.63) is 90.5 Å². The lowest BCUT2D eigenvalue weighted by Crippen LogP contribution is -2.51. The zero-order chi connectivity index (χ0) is 26.8. The summed E-state index contributed by atoms with van der Waals surface area (Å²) in [4.78, 5) is 28.1. The molecule has 3 aromatic carbocycles. The molecule has 0 unspecified atom stereocenters. The van der Waals surface area contributed by atoms with E-state index in [4.69, 9.17) is 4.74 Å². The van der Waals surface area contributed by atoms with Gasteiger partial charge in [0.15, 0.2) is 0 Å². The summed E-state index contributed by atoms with van der Waals surface area (Å²) in [5.74, 6) is -0.203. The van der Waals surface area contributed by atoms with Crippen molar-refractivity contribution >= 4 is 27.5 Å². The van der Waals surface area contributed by atoms with Crippen molar-refractivity contribution in [2.45, 2.75) is 37.8 Å². The number of sulfonamides is 1. The number of hydrogen-bond donors (Lipinski definition) is 1. The topological polar surface area (TPSA) is 96.0 Å². The summed E-state index contributed by atoms with van der Waals surface area (Å²) in [6.07, 6.45) is 0.749. The molecular formula is C28H33N3O5S. The number of hydrogen-bond acceptors (Lipinski definition) is 5. The Balaban J connectivity index is 1.98. The van der Waals surface area contributed by atoms with E-state index < -0.39 is 28.5 Å². The molecule has 0 saturated carbocycles. The average molecular weight is 524 g/mol. The third kappa shape index (κ3) is 7.10. The van der Waals surface area contributed by atoms with Crippen molar-refractivity contribution in [3.8, 4) is 5.75 Å². The zero-order valence-corrected chi connectivity index (χ0v) is 22.1. The number of amides is 2. The molecule has 3 aromatic rings. The Hall–Kier alpha value is -3.85. The first-order valence-corrected chi connectivity index (χ1v) is 13.5. The number of methoxy groups -OCH3 is 1. The quantitative estimate of drug-likeness (QED) is 0.389. The van der Waals surface area contributed by atoms with Gasteiger partial charge >= 0.3 is 0 Å². The van der Waals surface area contributed by atoms with E-state index >= 15 is 0 Å². The number of carbonyl (C=O) groups is 2. The fourth-order valence-electron chi connectivity index (χ4n) is 3.79. The van der Waals surface area contributed by atoms with Gasteiger partial charge in [0, 0.05) is 13.1 Å². The van der Waals surface area contributed by atoms with Crippen LogP contribution in [0.15, 0.2) is 89.8 Å². The summed E-state index contributed by atoms with van der Waals surface area (Å²) < 4.78 is 33.7. The Labute approximate surface area is 218 Å². The molecule has 196 valence electrons. The molecule has 1 N–H and O–H groups in total. The highest BCUT2D eigenvalue weighted by Gasteiger charge is 2.32. The molecule has 0 aliphatic carbocycles. The van der Waals surface area contributed by atoms with E-state index in [0.717, 1.165) is 16.3 Å². The highest BCUT2D eigenvalue weighted by atomic mass is 32.2. The number of nitrogens with zero attached hydrogens (tertiary/aromatic N) is 2. The summed E-state index contributed by atoms with van der Waals surface area (Å²) in [5, 5.41) is 2.83. The second kappa shape index (κ2) is 12.9. The average Bonchev–Trinajstić information content (AvgIpc) is 2.93. The highest BCUT2D eigenvalue weighted by Crippen LogP contribution is 2.24. The van der Waals surface area contributed by atoms with Gasteiger partial charge in [0.05, 0.1) is 17.7 Å². The lowest BCUT2D eigenvalue weighted by molar-refractivity contribution is -0.139. The smallest absolute Gasteiger partial charge is 0.264 e. The standard InChI is InChI=1S/C28H33N3O5S/c1-4-18-29-28(33)22(2)30(20-23-12-11-15-25(19-23)36-3)27(32)21-31(24-13-7-5-8-14-24)37(34,35)26-16-9-6-10-17-26/h5-17,19,22H,4,18,20-21H2,1-3H3,(H,29,33)/t22-/m1/s1. The van der Waals surface area contributed by atoms with Crippen LogP contribution >= 0.6 is 0 Å². The normalized spacial score (nSPS) is 11.9. The molecule has 1 atom stereocenters. The van der Waals surface area contributed by atoms with Crippen LogP contribution in [0.3, 0.4) is 0 Å². The van der Waals surface area contributed by atoms with Crippen molar-refractivity contribution in [1.82, 2.24) is 10.2 Å². The third-order valence-electron chi connectivity index (χ3n) is 5.86. The van der Waals surface area contributed by atoms with E-state index in [9.17, 15) is 18.0 Å². The van der Waals surface area contributed by atoms with Crippen molar-refractivity contribution in [1.29, 1.82) is 0 Å². The van der Waals surface area contributed by atoms with Gasteiger partial charge in [0.2, 0.25) is 11.8 Å². The zero-order valence-electron chi connectivity index (χ0n) is 21.3. The van der Waals surface area contributed by atoms with Crippen LogP contribution in [0.1, 0.15) is 25.8 Å². The molecule has 2 amide bonds. The Kier molecular flexibility index (Phi) is 9.68. The van der Waals surface area contributed by atoms with E-state index in [-0.39, 0.29) is 17.3 Å². The number of benzene rings is 3. The largest absolute Gasteiger partial charge is 0.497 e. The Morgan fingerprint density at radius 3 is 2.22 bits per heavy atom. The van der Waals surface area contributed by atoms with Crippen LogP contribution in [0.25, 0.3) is 0 Å². The number of para-hydroxylation sites is 1. The molecule has 0 aliphatic rings. The van der Waals surface area contributed by atoms with Gasteiger partial charge < -0.3 is 15.0 Å². The predicted molar refractivity (Wildman–Crippen MR) is 144 cm³/mol. The molecule has 0 radical (unpaired) electrons. The Morgan fingerprint density at radius 2 is 1.59 bits per heavy atom. The van der Waals surface area contributed by atoms with E-state index in [1.54, 1.807) is 80.8 Å². The second-order valence-corrected chi connectivity index (χ2v) is 10.4. The number of ether oxygens (including phenoxy) is 1. The maximum Gasteiger partial charge on any atom is 0.264 e. The molecule has 0 spiro atoms. The Bertz CT molecular complexity index is 1280. The van der Waals surface area contributed by atoms with Gasteiger partial charge in [-0.15, -0.1) is 0 Å². The van der Waals surface area contributed by atoms with Gasteiger partial charge in [-0.25, -0.2) is 8.42 Å². The highest BCUT2D eigenvalue weighted by molar-refractivity contribution is 7.92. The molecular weight excluding hydrogens is 490 g/mol. The van der Waals surface area contributed by atoms with Crippen molar-refractivity contribution in [2.75, 3.05) is 24.5 Å². The van der Waals surface area contributed by atoms with Crippen LogP contribution in [0.5, 0.6) is 5.75 Å². The molecule has 0 heterocycles.